The van der Waals surface area contributed by atoms with Crippen molar-refractivity contribution in [2.24, 2.45) is 10.8 Å². The third-order valence-corrected chi connectivity index (χ3v) is 2.87. The quantitative estimate of drug-likeness (QED) is 0.590. The first-order chi connectivity index (χ1) is 6.68. The summed E-state index contributed by atoms with van der Waals surface area (Å²) in [5.74, 6) is 0. The maximum atomic E-state index is 5.80. The van der Waals surface area contributed by atoms with Gasteiger partial charge in [0.25, 0.3) is 0 Å². The van der Waals surface area contributed by atoms with Gasteiger partial charge in [0.2, 0.25) is 0 Å². The van der Waals surface area contributed by atoms with Crippen LogP contribution in [0.2, 0.25) is 0 Å². The molecule has 1 aliphatic rings. The molecule has 0 aromatic carbocycles. The summed E-state index contributed by atoms with van der Waals surface area (Å²) in [5.41, 5.74) is 2.21. The van der Waals surface area contributed by atoms with Crippen molar-refractivity contribution in [1.29, 1.82) is 0 Å². The molecule has 0 spiro atoms. The Bertz CT molecular complexity index is 237. The molecule has 0 radical (unpaired) electrons. The van der Waals surface area contributed by atoms with Gasteiger partial charge >= 0.3 is 0 Å². The summed E-state index contributed by atoms with van der Waals surface area (Å²) in [6, 6.07) is 0. The van der Waals surface area contributed by atoms with Crippen molar-refractivity contribution in [3.8, 4) is 0 Å². The largest absolute Gasteiger partial charge is 0.374 e. The van der Waals surface area contributed by atoms with E-state index in [2.05, 4.69) is 47.6 Å². The van der Waals surface area contributed by atoms with Crippen molar-refractivity contribution in [2.75, 3.05) is 6.61 Å². The van der Waals surface area contributed by atoms with E-state index < -0.39 is 0 Å². The van der Waals surface area contributed by atoms with Gasteiger partial charge in [0, 0.05) is 0 Å². The lowest BCUT2D eigenvalue weighted by molar-refractivity contribution is 0.0451. The van der Waals surface area contributed by atoms with E-state index in [9.17, 15) is 0 Å². The van der Waals surface area contributed by atoms with Gasteiger partial charge in [-0.2, -0.15) is 0 Å². The highest BCUT2D eigenvalue weighted by atomic mass is 16.5. The van der Waals surface area contributed by atoms with Gasteiger partial charge in [0.05, 0.1) is 12.7 Å². The first kappa shape index (κ1) is 12.8. The van der Waals surface area contributed by atoms with Gasteiger partial charge in [0.15, 0.2) is 0 Å². The average Bonchev–Trinajstić information content (AvgIpc) is 1.99. The van der Waals surface area contributed by atoms with E-state index >= 15 is 0 Å². The minimum absolute atomic E-state index is 0.305. The van der Waals surface area contributed by atoms with Gasteiger partial charge in [-0.3, -0.25) is 0 Å². The lowest BCUT2D eigenvalue weighted by Crippen LogP contribution is -2.26. The molecular formula is C14H26O. The molecule has 0 fully saturated rings. The summed E-state index contributed by atoms with van der Waals surface area (Å²) < 4.78 is 5.80. The SMILES string of the molecule is CC(C)(C)CC1C=C(C(C)(C)C)CCO1. The summed E-state index contributed by atoms with van der Waals surface area (Å²) in [6.45, 7) is 14.6. The highest BCUT2D eigenvalue weighted by Gasteiger charge is 2.25. The normalized spacial score (nSPS) is 23.9. The molecule has 0 N–H and O–H groups in total. The second-order valence-electron chi connectivity index (χ2n) is 6.87. The Hall–Kier alpha value is -0.300. The maximum Gasteiger partial charge on any atom is 0.0763 e. The monoisotopic (exact) mass is 210 g/mol. The number of hydrogen-bond acceptors (Lipinski definition) is 1. The van der Waals surface area contributed by atoms with Crippen LogP contribution in [-0.4, -0.2) is 12.7 Å². The Balaban J connectivity index is 2.69. The van der Waals surface area contributed by atoms with Gasteiger partial charge in [-0.15, -0.1) is 0 Å². The minimum Gasteiger partial charge on any atom is -0.374 e. The minimum atomic E-state index is 0.305. The summed E-state index contributed by atoms with van der Waals surface area (Å²) in [7, 11) is 0. The first-order valence-electron chi connectivity index (χ1n) is 6.01. The number of hydrogen-bond donors (Lipinski definition) is 0. The zero-order valence-corrected chi connectivity index (χ0v) is 11.2. The van der Waals surface area contributed by atoms with Crippen molar-refractivity contribution in [3.63, 3.8) is 0 Å². The number of rotatable bonds is 1. The molecule has 1 unspecified atom stereocenters. The Labute approximate surface area is 94.9 Å². The van der Waals surface area contributed by atoms with Crippen molar-refractivity contribution >= 4 is 0 Å². The van der Waals surface area contributed by atoms with E-state index in [0.717, 1.165) is 19.4 Å². The summed E-state index contributed by atoms with van der Waals surface area (Å²) in [5, 5.41) is 0. The van der Waals surface area contributed by atoms with E-state index in [-0.39, 0.29) is 0 Å². The maximum absolute atomic E-state index is 5.80. The third kappa shape index (κ3) is 4.38. The smallest absolute Gasteiger partial charge is 0.0763 e. The molecule has 1 aliphatic heterocycles. The molecule has 1 heteroatoms. The lowest BCUT2D eigenvalue weighted by Gasteiger charge is -2.32. The fraction of sp³-hybridized carbons (Fsp3) is 0.857. The highest BCUT2D eigenvalue weighted by molar-refractivity contribution is 5.15. The zero-order valence-electron chi connectivity index (χ0n) is 11.2. The average molecular weight is 210 g/mol. The third-order valence-electron chi connectivity index (χ3n) is 2.87. The van der Waals surface area contributed by atoms with Gasteiger partial charge in [-0.1, -0.05) is 53.2 Å². The molecule has 1 nitrogen and oxygen atoms in total. The van der Waals surface area contributed by atoms with Crippen LogP contribution in [0.1, 0.15) is 54.4 Å². The van der Waals surface area contributed by atoms with Gasteiger partial charge in [-0.25, -0.2) is 0 Å². The van der Waals surface area contributed by atoms with Gasteiger partial charge in [-0.05, 0) is 23.7 Å². The highest BCUT2D eigenvalue weighted by Crippen LogP contribution is 2.33. The molecule has 0 amide bonds. The van der Waals surface area contributed by atoms with E-state index in [0.29, 0.717) is 16.9 Å². The molecule has 1 rings (SSSR count). The molecule has 1 heterocycles. The lowest BCUT2D eigenvalue weighted by atomic mass is 9.80. The van der Waals surface area contributed by atoms with Crippen molar-refractivity contribution in [3.05, 3.63) is 11.6 Å². The fourth-order valence-corrected chi connectivity index (χ4v) is 2.02. The van der Waals surface area contributed by atoms with Crippen LogP contribution in [0.15, 0.2) is 11.6 Å². The predicted octanol–water partition coefficient (Wildman–Crippen LogP) is 4.18. The first-order valence-corrected chi connectivity index (χ1v) is 6.01. The second kappa shape index (κ2) is 4.29. The van der Waals surface area contributed by atoms with Gasteiger partial charge in [0.1, 0.15) is 0 Å². The second-order valence-corrected chi connectivity index (χ2v) is 6.87. The van der Waals surface area contributed by atoms with Crippen LogP contribution in [0, 0.1) is 10.8 Å². The number of ether oxygens (including phenoxy) is 1. The molecule has 0 saturated carbocycles. The van der Waals surface area contributed by atoms with Crippen molar-refractivity contribution < 1.29 is 4.74 Å². The van der Waals surface area contributed by atoms with Crippen molar-refractivity contribution in [2.45, 2.75) is 60.5 Å². The van der Waals surface area contributed by atoms with Crippen LogP contribution >= 0.6 is 0 Å². The fourth-order valence-electron chi connectivity index (χ4n) is 2.02. The van der Waals surface area contributed by atoms with E-state index in [1.54, 1.807) is 5.57 Å². The van der Waals surface area contributed by atoms with Crippen LogP contribution in [0.5, 0.6) is 0 Å². The molecule has 0 bridgehead atoms. The molecule has 0 saturated heterocycles. The Morgan fingerprint density at radius 2 is 1.80 bits per heavy atom. The summed E-state index contributed by atoms with van der Waals surface area (Å²) >= 11 is 0. The van der Waals surface area contributed by atoms with Crippen LogP contribution in [-0.2, 0) is 4.74 Å². The summed E-state index contributed by atoms with van der Waals surface area (Å²) in [6.07, 6.45) is 4.90. The zero-order chi connectivity index (χ0) is 11.7. The molecule has 0 aliphatic carbocycles. The van der Waals surface area contributed by atoms with E-state index in [4.69, 9.17) is 4.74 Å². The Morgan fingerprint density at radius 3 is 2.27 bits per heavy atom. The van der Waals surface area contributed by atoms with Crippen LogP contribution in [0.25, 0.3) is 0 Å². The molecule has 88 valence electrons. The molecule has 1 atom stereocenters. The van der Waals surface area contributed by atoms with E-state index in [1.807, 2.05) is 0 Å². The van der Waals surface area contributed by atoms with Gasteiger partial charge < -0.3 is 4.74 Å². The Kier molecular flexibility index (Phi) is 3.65. The predicted molar refractivity (Wildman–Crippen MR) is 66.0 cm³/mol. The van der Waals surface area contributed by atoms with Crippen LogP contribution < -0.4 is 0 Å². The topological polar surface area (TPSA) is 9.23 Å². The Morgan fingerprint density at radius 1 is 1.20 bits per heavy atom. The van der Waals surface area contributed by atoms with E-state index in [1.165, 1.54) is 0 Å². The van der Waals surface area contributed by atoms with Crippen molar-refractivity contribution in [1.82, 2.24) is 0 Å². The molecule has 0 aromatic rings. The molecule has 15 heavy (non-hydrogen) atoms. The van der Waals surface area contributed by atoms with Crippen LogP contribution in [0.3, 0.4) is 0 Å². The standard InChI is InChI=1S/C14H26O/c1-13(2,3)10-12-9-11(7-8-15-12)14(4,5)6/h9,12H,7-8,10H2,1-6H3. The van der Waals surface area contributed by atoms with Crippen LogP contribution in [0.4, 0.5) is 0 Å². The summed E-state index contributed by atoms with van der Waals surface area (Å²) in [4.78, 5) is 0. The molecular weight excluding hydrogens is 184 g/mol. The molecule has 0 aromatic heterocycles.